The van der Waals surface area contributed by atoms with Crippen molar-refractivity contribution in [3.05, 3.63) is 30.1 Å². The van der Waals surface area contributed by atoms with Crippen molar-refractivity contribution >= 4 is 11.8 Å². The SMILES string of the molecule is CCCNCCn1nnnc1SCCc1ccncc1. The summed E-state index contributed by atoms with van der Waals surface area (Å²) < 4.78 is 1.86. The Bertz CT molecular complexity index is 487. The van der Waals surface area contributed by atoms with E-state index in [1.807, 2.05) is 29.2 Å². The third-order valence-corrected chi connectivity index (χ3v) is 3.76. The number of nitrogens with one attached hydrogen (secondary N) is 1. The predicted octanol–water partition coefficient (Wildman–Crippen LogP) is 1.40. The molecule has 6 nitrogen and oxygen atoms in total. The van der Waals surface area contributed by atoms with Crippen LogP contribution in [0, 0.1) is 0 Å². The highest BCUT2D eigenvalue weighted by Crippen LogP contribution is 2.15. The molecule has 0 saturated carbocycles. The van der Waals surface area contributed by atoms with Gasteiger partial charge in [-0.1, -0.05) is 18.7 Å². The van der Waals surface area contributed by atoms with Crippen molar-refractivity contribution in [1.29, 1.82) is 0 Å². The summed E-state index contributed by atoms with van der Waals surface area (Å²) in [6.45, 7) is 4.90. The molecule has 20 heavy (non-hydrogen) atoms. The van der Waals surface area contributed by atoms with Gasteiger partial charge in [0, 0.05) is 24.7 Å². The molecular formula is C13H20N6S. The first-order valence-electron chi connectivity index (χ1n) is 6.88. The third-order valence-electron chi connectivity index (χ3n) is 2.80. The van der Waals surface area contributed by atoms with Crippen LogP contribution >= 0.6 is 11.8 Å². The van der Waals surface area contributed by atoms with Crippen molar-refractivity contribution in [3.8, 4) is 0 Å². The lowest BCUT2D eigenvalue weighted by Crippen LogP contribution is -2.21. The van der Waals surface area contributed by atoms with Gasteiger partial charge in [-0.25, -0.2) is 4.68 Å². The molecule has 0 atom stereocenters. The molecule has 0 aromatic carbocycles. The number of hydrogen-bond acceptors (Lipinski definition) is 6. The zero-order chi connectivity index (χ0) is 14.0. The van der Waals surface area contributed by atoms with Crippen LogP contribution in [0.4, 0.5) is 0 Å². The van der Waals surface area contributed by atoms with Gasteiger partial charge < -0.3 is 5.32 Å². The van der Waals surface area contributed by atoms with Crippen LogP contribution in [0.2, 0.25) is 0 Å². The van der Waals surface area contributed by atoms with Crippen molar-refractivity contribution in [2.45, 2.75) is 31.5 Å². The molecule has 0 spiro atoms. The highest BCUT2D eigenvalue weighted by molar-refractivity contribution is 7.99. The molecule has 0 bridgehead atoms. The van der Waals surface area contributed by atoms with E-state index < -0.39 is 0 Å². The average molecular weight is 292 g/mol. The van der Waals surface area contributed by atoms with E-state index in [-0.39, 0.29) is 0 Å². The number of rotatable bonds is 9. The second-order valence-electron chi connectivity index (χ2n) is 4.39. The van der Waals surface area contributed by atoms with Gasteiger partial charge in [-0.15, -0.1) is 5.10 Å². The molecule has 0 radical (unpaired) electrons. The number of aromatic nitrogens is 5. The molecule has 2 heterocycles. The van der Waals surface area contributed by atoms with Crippen molar-refractivity contribution in [1.82, 2.24) is 30.5 Å². The van der Waals surface area contributed by atoms with Gasteiger partial charge in [0.2, 0.25) is 5.16 Å². The number of nitrogens with zero attached hydrogens (tertiary/aromatic N) is 5. The predicted molar refractivity (Wildman–Crippen MR) is 79.6 cm³/mol. The first-order valence-corrected chi connectivity index (χ1v) is 7.87. The van der Waals surface area contributed by atoms with Gasteiger partial charge in [-0.2, -0.15) is 0 Å². The van der Waals surface area contributed by atoms with E-state index in [2.05, 4.69) is 32.7 Å². The summed E-state index contributed by atoms with van der Waals surface area (Å²) in [6, 6.07) is 4.08. The minimum absolute atomic E-state index is 0.810. The lowest BCUT2D eigenvalue weighted by molar-refractivity contribution is 0.510. The Labute approximate surface area is 123 Å². The lowest BCUT2D eigenvalue weighted by atomic mass is 10.2. The van der Waals surface area contributed by atoms with Crippen LogP contribution in [0.3, 0.4) is 0 Å². The Morgan fingerprint density at radius 2 is 2.10 bits per heavy atom. The largest absolute Gasteiger partial charge is 0.315 e. The molecular weight excluding hydrogens is 272 g/mol. The first kappa shape index (κ1) is 14.9. The van der Waals surface area contributed by atoms with Crippen LogP contribution in [0.1, 0.15) is 18.9 Å². The van der Waals surface area contributed by atoms with E-state index in [4.69, 9.17) is 0 Å². The molecule has 0 unspecified atom stereocenters. The summed E-state index contributed by atoms with van der Waals surface area (Å²) >= 11 is 1.69. The Kier molecular flexibility index (Phi) is 6.46. The Hall–Kier alpha value is -1.47. The maximum Gasteiger partial charge on any atom is 0.209 e. The number of tetrazole rings is 1. The lowest BCUT2D eigenvalue weighted by Gasteiger charge is -2.05. The second-order valence-corrected chi connectivity index (χ2v) is 5.45. The Morgan fingerprint density at radius 3 is 2.90 bits per heavy atom. The fourth-order valence-corrected chi connectivity index (χ4v) is 2.63. The fourth-order valence-electron chi connectivity index (χ4n) is 1.74. The highest BCUT2D eigenvalue weighted by atomic mass is 32.2. The van der Waals surface area contributed by atoms with E-state index >= 15 is 0 Å². The minimum Gasteiger partial charge on any atom is -0.315 e. The quantitative estimate of drug-likeness (QED) is 0.556. The maximum atomic E-state index is 4.07. The van der Waals surface area contributed by atoms with Crippen LogP contribution in [0.25, 0.3) is 0 Å². The summed E-state index contributed by atoms with van der Waals surface area (Å²) in [6.07, 6.45) is 5.78. The summed E-state index contributed by atoms with van der Waals surface area (Å²) in [5.41, 5.74) is 1.29. The van der Waals surface area contributed by atoms with Crippen LogP contribution in [0.15, 0.2) is 29.7 Å². The van der Waals surface area contributed by atoms with Crippen molar-refractivity contribution in [2.75, 3.05) is 18.8 Å². The Balaban J connectivity index is 1.74. The van der Waals surface area contributed by atoms with E-state index in [1.165, 1.54) is 5.56 Å². The molecule has 2 aromatic rings. The molecule has 108 valence electrons. The summed E-state index contributed by atoms with van der Waals surface area (Å²) in [5.74, 6) is 0.965. The zero-order valence-corrected chi connectivity index (χ0v) is 12.5. The van der Waals surface area contributed by atoms with E-state index in [1.54, 1.807) is 11.8 Å². The van der Waals surface area contributed by atoms with Crippen molar-refractivity contribution < 1.29 is 0 Å². The van der Waals surface area contributed by atoms with Gasteiger partial charge >= 0.3 is 0 Å². The van der Waals surface area contributed by atoms with Gasteiger partial charge in [0.15, 0.2) is 0 Å². The maximum absolute atomic E-state index is 4.07. The van der Waals surface area contributed by atoms with E-state index in [0.29, 0.717) is 0 Å². The normalized spacial score (nSPS) is 10.8. The highest BCUT2D eigenvalue weighted by Gasteiger charge is 2.06. The van der Waals surface area contributed by atoms with Gasteiger partial charge in [-0.05, 0) is 47.5 Å². The van der Waals surface area contributed by atoms with Crippen molar-refractivity contribution in [3.63, 3.8) is 0 Å². The van der Waals surface area contributed by atoms with Crippen LogP contribution in [0.5, 0.6) is 0 Å². The van der Waals surface area contributed by atoms with Crippen LogP contribution in [-0.4, -0.2) is 44.0 Å². The topological polar surface area (TPSA) is 68.5 Å². The molecule has 7 heteroatoms. The smallest absolute Gasteiger partial charge is 0.209 e. The first-order chi connectivity index (χ1) is 9.90. The molecule has 2 aromatic heterocycles. The zero-order valence-electron chi connectivity index (χ0n) is 11.7. The van der Waals surface area contributed by atoms with Gasteiger partial charge in [0.25, 0.3) is 0 Å². The summed E-state index contributed by atoms with van der Waals surface area (Å²) in [7, 11) is 0. The third kappa shape index (κ3) is 4.90. The molecule has 2 rings (SSSR count). The van der Waals surface area contributed by atoms with Crippen LogP contribution in [-0.2, 0) is 13.0 Å². The molecule has 0 saturated heterocycles. The van der Waals surface area contributed by atoms with Gasteiger partial charge in [-0.3, -0.25) is 4.98 Å². The Morgan fingerprint density at radius 1 is 1.25 bits per heavy atom. The number of aryl methyl sites for hydroxylation is 1. The number of hydrogen-bond donors (Lipinski definition) is 1. The molecule has 0 fully saturated rings. The van der Waals surface area contributed by atoms with Gasteiger partial charge in [0.05, 0.1) is 6.54 Å². The minimum atomic E-state index is 0.810. The van der Waals surface area contributed by atoms with Gasteiger partial charge in [0.1, 0.15) is 0 Å². The fraction of sp³-hybridized carbons (Fsp3) is 0.538. The monoisotopic (exact) mass is 292 g/mol. The standard InChI is InChI=1S/C13H20N6S/c1-2-6-14-9-10-19-13(16-17-18-19)20-11-5-12-3-7-15-8-4-12/h3-4,7-8,14H,2,5-6,9-11H2,1H3. The number of thioether (sulfide) groups is 1. The summed E-state index contributed by atoms with van der Waals surface area (Å²) in [4.78, 5) is 4.02. The summed E-state index contributed by atoms with van der Waals surface area (Å²) in [5, 5.41) is 16.1. The second kappa shape index (κ2) is 8.65. The van der Waals surface area contributed by atoms with Crippen LogP contribution < -0.4 is 5.32 Å². The molecule has 0 aliphatic heterocycles. The molecule has 0 aliphatic carbocycles. The van der Waals surface area contributed by atoms with E-state index in [0.717, 1.165) is 43.4 Å². The average Bonchev–Trinajstić information content (AvgIpc) is 2.92. The molecule has 1 N–H and O–H groups in total. The molecule has 0 amide bonds. The van der Waals surface area contributed by atoms with Crippen molar-refractivity contribution in [2.24, 2.45) is 0 Å². The number of pyridine rings is 1. The van der Waals surface area contributed by atoms with E-state index in [9.17, 15) is 0 Å². The molecule has 0 aliphatic rings.